The highest BCUT2D eigenvalue weighted by Gasteiger charge is 2.47. The summed E-state index contributed by atoms with van der Waals surface area (Å²) in [4.78, 5) is 8.36. The molecule has 2 aromatic heterocycles. The van der Waals surface area contributed by atoms with Crippen molar-refractivity contribution in [1.82, 2.24) is 14.5 Å². The minimum Gasteiger partial charge on any atom is -0.390 e. The van der Waals surface area contributed by atoms with E-state index in [1.54, 1.807) is 10.8 Å². The van der Waals surface area contributed by atoms with E-state index < -0.39 is 30.6 Å². The van der Waals surface area contributed by atoms with Crippen molar-refractivity contribution in [2.24, 2.45) is 5.92 Å². The van der Waals surface area contributed by atoms with Crippen molar-refractivity contribution >= 4 is 11.0 Å². The molecule has 1 aliphatic heterocycles. The van der Waals surface area contributed by atoms with Crippen molar-refractivity contribution < 1.29 is 20.1 Å². The summed E-state index contributed by atoms with van der Waals surface area (Å²) in [5.74, 6) is -0.0865. The van der Waals surface area contributed by atoms with Crippen LogP contribution in [0.5, 0.6) is 0 Å². The van der Waals surface area contributed by atoms with Gasteiger partial charge in [-0.2, -0.15) is 0 Å². The molecule has 7 heteroatoms. The Morgan fingerprint density at radius 3 is 2.64 bits per heavy atom. The fourth-order valence-electron chi connectivity index (χ4n) is 2.88. The summed E-state index contributed by atoms with van der Waals surface area (Å²) in [7, 11) is 0. The zero-order valence-corrected chi connectivity index (χ0v) is 12.8. The average Bonchev–Trinajstić information content (AvgIpc) is 3.02. The second-order valence-electron chi connectivity index (χ2n) is 6.13. The molecule has 3 heterocycles. The van der Waals surface area contributed by atoms with Crippen LogP contribution in [0.15, 0.2) is 18.6 Å². The molecule has 7 nitrogen and oxygen atoms in total. The Bertz CT molecular complexity index is 672. The summed E-state index contributed by atoms with van der Waals surface area (Å²) in [6.07, 6.45) is -1.57. The molecular formula is C15H21N3O4. The number of fused-ring (bicyclic) bond motifs is 1. The van der Waals surface area contributed by atoms with Gasteiger partial charge in [0.1, 0.15) is 30.3 Å². The molecular weight excluding hydrogens is 286 g/mol. The van der Waals surface area contributed by atoms with E-state index in [0.717, 1.165) is 11.1 Å². The number of nitrogens with zero attached hydrogens (tertiary/aromatic N) is 3. The quantitative estimate of drug-likeness (QED) is 0.758. The Balaban J connectivity index is 1.96. The standard InChI is InChI=1S/C15H21N3O4/c1-7(2)10(19)13-11(20)12(21)15(22-13)18-5-4-9-8(3)16-6-17-14(9)18/h4-7,10-13,15,19-21H,1-3H3/t10-,11-,12+,13+,15+/m0/s1. The van der Waals surface area contributed by atoms with Crippen molar-refractivity contribution in [3.8, 4) is 0 Å². The van der Waals surface area contributed by atoms with Crippen molar-refractivity contribution in [2.75, 3.05) is 0 Å². The topological polar surface area (TPSA) is 101 Å². The van der Waals surface area contributed by atoms with Crippen LogP contribution < -0.4 is 0 Å². The van der Waals surface area contributed by atoms with Gasteiger partial charge in [0, 0.05) is 11.6 Å². The molecule has 3 N–H and O–H groups in total. The number of hydrogen-bond acceptors (Lipinski definition) is 6. The number of rotatable bonds is 3. The SMILES string of the molecule is Cc1ncnc2c1ccn2[C@@H]1O[C@H]([C@@H](O)C(C)C)[C@@H](O)[C@H]1O. The third kappa shape index (κ3) is 2.30. The molecule has 1 saturated heterocycles. The zero-order valence-electron chi connectivity index (χ0n) is 12.8. The van der Waals surface area contributed by atoms with Gasteiger partial charge < -0.3 is 24.6 Å². The van der Waals surface area contributed by atoms with Crippen LogP contribution in [0.4, 0.5) is 0 Å². The number of aryl methyl sites for hydroxylation is 1. The zero-order chi connectivity index (χ0) is 16.0. The molecule has 1 aliphatic rings. The van der Waals surface area contributed by atoms with Gasteiger partial charge in [0.05, 0.1) is 11.8 Å². The number of ether oxygens (including phenoxy) is 1. The van der Waals surface area contributed by atoms with Crippen LogP contribution in [-0.4, -0.2) is 54.3 Å². The highest BCUT2D eigenvalue weighted by Crippen LogP contribution is 2.34. The lowest BCUT2D eigenvalue weighted by atomic mass is 9.97. The maximum atomic E-state index is 10.3. The molecule has 120 valence electrons. The summed E-state index contributed by atoms with van der Waals surface area (Å²) in [6.45, 7) is 5.55. The lowest BCUT2D eigenvalue weighted by Crippen LogP contribution is -2.41. The molecule has 2 aromatic rings. The molecule has 22 heavy (non-hydrogen) atoms. The Kier molecular flexibility index (Phi) is 3.90. The van der Waals surface area contributed by atoms with E-state index in [-0.39, 0.29) is 5.92 Å². The van der Waals surface area contributed by atoms with E-state index in [2.05, 4.69) is 9.97 Å². The van der Waals surface area contributed by atoms with E-state index in [1.165, 1.54) is 6.33 Å². The van der Waals surface area contributed by atoms with Gasteiger partial charge in [-0.15, -0.1) is 0 Å². The van der Waals surface area contributed by atoms with Gasteiger partial charge in [-0.25, -0.2) is 9.97 Å². The normalized spacial score (nSPS) is 30.3. The second-order valence-corrected chi connectivity index (χ2v) is 6.13. The van der Waals surface area contributed by atoms with E-state index in [0.29, 0.717) is 5.65 Å². The summed E-state index contributed by atoms with van der Waals surface area (Å²) < 4.78 is 7.43. The molecule has 0 spiro atoms. The highest BCUT2D eigenvalue weighted by molar-refractivity contribution is 5.78. The Morgan fingerprint density at radius 1 is 1.23 bits per heavy atom. The predicted molar refractivity (Wildman–Crippen MR) is 79.0 cm³/mol. The fourth-order valence-corrected chi connectivity index (χ4v) is 2.88. The van der Waals surface area contributed by atoms with Gasteiger partial charge in [0.15, 0.2) is 6.23 Å². The Labute approximate surface area is 128 Å². The van der Waals surface area contributed by atoms with Gasteiger partial charge in [-0.05, 0) is 18.9 Å². The third-order valence-electron chi connectivity index (χ3n) is 4.28. The van der Waals surface area contributed by atoms with E-state index >= 15 is 0 Å². The van der Waals surface area contributed by atoms with Crippen molar-refractivity contribution in [3.63, 3.8) is 0 Å². The Hall–Kier alpha value is -1.54. The number of hydrogen-bond donors (Lipinski definition) is 3. The van der Waals surface area contributed by atoms with Crippen molar-refractivity contribution in [1.29, 1.82) is 0 Å². The largest absolute Gasteiger partial charge is 0.390 e. The maximum absolute atomic E-state index is 10.3. The van der Waals surface area contributed by atoms with Crippen LogP contribution in [0.2, 0.25) is 0 Å². The first-order chi connectivity index (χ1) is 10.4. The predicted octanol–water partition coefficient (Wildman–Crippen LogP) is 0.376. The number of aliphatic hydroxyl groups excluding tert-OH is 3. The van der Waals surface area contributed by atoms with E-state index in [1.807, 2.05) is 26.8 Å². The monoisotopic (exact) mass is 307 g/mol. The molecule has 0 aromatic carbocycles. The minimum absolute atomic E-state index is 0.0865. The molecule has 1 fully saturated rings. The molecule has 0 radical (unpaired) electrons. The summed E-state index contributed by atoms with van der Waals surface area (Å²) in [5.41, 5.74) is 1.46. The molecule has 0 aliphatic carbocycles. The summed E-state index contributed by atoms with van der Waals surface area (Å²) in [6, 6.07) is 1.85. The van der Waals surface area contributed by atoms with Crippen LogP contribution in [0, 0.1) is 12.8 Å². The molecule has 5 atom stereocenters. The summed E-state index contributed by atoms with van der Waals surface area (Å²) >= 11 is 0. The van der Waals surface area contributed by atoms with Crippen molar-refractivity contribution in [2.45, 2.75) is 51.4 Å². The lowest BCUT2D eigenvalue weighted by Gasteiger charge is -2.23. The van der Waals surface area contributed by atoms with E-state index in [9.17, 15) is 15.3 Å². The smallest absolute Gasteiger partial charge is 0.164 e. The van der Waals surface area contributed by atoms with Gasteiger partial charge >= 0.3 is 0 Å². The molecule has 0 saturated carbocycles. The minimum atomic E-state index is -1.15. The molecule has 3 rings (SSSR count). The fraction of sp³-hybridized carbons (Fsp3) is 0.600. The first kappa shape index (κ1) is 15.4. The Morgan fingerprint density at radius 2 is 1.95 bits per heavy atom. The van der Waals surface area contributed by atoms with Gasteiger partial charge in [0.25, 0.3) is 0 Å². The van der Waals surface area contributed by atoms with Gasteiger partial charge in [0.2, 0.25) is 0 Å². The van der Waals surface area contributed by atoms with Gasteiger partial charge in [-0.1, -0.05) is 13.8 Å². The summed E-state index contributed by atoms with van der Waals surface area (Å²) in [5, 5.41) is 31.5. The number of aliphatic hydroxyl groups is 3. The van der Waals surface area contributed by atoms with Crippen LogP contribution in [-0.2, 0) is 4.74 Å². The highest BCUT2D eigenvalue weighted by atomic mass is 16.6. The maximum Gasteiger partial charge on any atom is 0.164 e. The first-order valence-corrected chi connectivity index (χ1v) is 7.39. The van der Waals surface area contributed by atoms with Crippen LogP contribution in [0.1, 0.15) is 25.8 Å². The van der Waals surface area contributed by atoms with Crippen LogP contribution in [0.3, 0.4) is 0 Å². The third-order valence-corrected chi connectivity index (χ3v) is 4.28. The first-order valence-electron chi connectivity index (χ1n) is 7.39. The van der Waals surface area contributed by atoms with Crippen LogP contribution >= 0.6 is 0 Å². The second kappa shape index (κ2) is 5.58. The molecule has 0 bridgehead atoms. The number of aromatic nitrogens is 3. The molecule has 0 amide bonds. The van der Waals surface area contributed by atoms with E-state index in [4.69, 9.17) is 4.74 Å². The van der Waals surface area contributed by atoms with Gasteiger partial charge in [-0.3, -0.25) is 0 Å². The molecule has 0 unspecified atom stereocenters. The average molecular weight is 307 g/mol. The van der Waals surface area contributed by atoms with Crippen molar-refractivity contribution in [3.05, 3.63) is 24.3 Å². The van der Waals surface area contributed by atoms with Crippen LogP contribution in [0.25, 0.3) is 11.0 Å². The lowest BCUT2D eigenvalue weighted by molar-refractivity contribution is -0.0961.